The zero-order valence-corrected chi connectivity index (χ0v) is 63.9. The summed E-state index contributed by atoms with van der Waals surface area (Å²) in [4.78, 5) is 46.7. The topological polar surface area (TPSA) is 637 Å². The molecule has 36 atom stereocenters. The number of fused-ring (bicyclic) bond motifs is 1. The Kier molecular flexibility index (Phi) is 35.6. The number of carbonyl (C=O) groups excluding carboxylic acids is 2. The number of ketones is 2. The van der Waals surface area contributed by atoms with Crippen molar-refractivity contribution in [3.63, 3.8) is 0 Å². The Morgan fingerprint density at radius 1 is 0.500 bits per heavy atom. The fourth-order valence-corrected chi connectivity index (χ4v) is 15.6. The molecule has 23 fully saturated rings. The first-order valence-electron chi connectivity index (χ1n) is 38.8. The molecule has 22 N–H and O–H groups in total. The number of hydrogen-bond acceptors (Lipinski definition) is 38. The molecule has 0 spiro atoms. The van der Waals surface area contributed by atoms with E-state index in [1.165, 1.54) is 6.92 Å². The van der Waals surface area contributed by atoms with Gasteiger partial charge in [-0.15, -0.1) is 0 Å². The number of aliphatic carboxylic acids is 1. The summed E-state index contributed by atoms with van der Waals surface area (Å²) in [5, 5.41) is 236. The predicted molar refractivity (Wildman–Crippen MR) is 390 cm³/mol. The first-order valence-corrected chi connectivity index (χ1v) is 38.8. The Morgan fingerprint density at radius 3 is 1.22 bits per heavy atom. The number of benzene rings is 2. The molecule has 23 aliphatic rings. The van der Waals surface area contributed by atoms with Gasteiger partial charge in [-0.05, 0) is 56.2 Å². The highest BCUT2D eigenvalue weighted by Gasteiger charge is 2.59. The summed E-state index contributed by atoms with van der Waals surface area (Å²) in [6.07, 6.45) is -45.9. The number of unbranched alkanes of at least 4 members (excludes halogenated alkanes) is 3. The maximum atomic E-state index is 12.4. The molecule has 1 aliphatic carbocycles. The van der Waals surface area contributed by atoms with Crippen molar-refractivity contribution in [2.45, 2.75) is 287 Å². The lowest BCUT2D eigenvalue weighted by atomic mass is 9.87. The first-order chi connectivity index (χ1) is 55.3. The number of carboxylic acids is 1. The second-order valence-electron chi connectivity index (χ2n) is 30.2. The van der Waals surface area contributed by atoms with E-state index in [0.717, 1.165) is 43.7 Å². The molecule has 116 heavy (non-hydrogen) atoms. The molecule has 1 saturated carbocycles. The largest absolute Gasteiger partial charge is 0.507 e. The van der Waals surface area contributed by atoms with Crippen LogP contribution in [-0.4, -0.2) is 366 Å². The normalized spacial score (nSPS) is 39.9. The van der Waals surface area contributed by atoms with Gasteiger partial charge in [-0.3, -0.25) is 9.59 Å². The van der Waals surface area contributed by atoms with Gasteiger partial charge in [0.25, 0.3) is 0 Å². The molecule has 26 rings (SSSR count). The zero-order chi connectivity index (χ0) is 84.7. The number of hydrogen-bond donors (Lipinski definition) is 22. The van der Waals surface area contributed by atoms with E-state index in [2.05, 4.69) is 13.8 Å². The average Bonchev–Trinajstić information content (AvgIpc) is 1.08. The predicted octanol–water partition coefficient (Wildman–Crippen LogP) is -5.56. The van der Waals surface area contributed by atoms with E-state index in [1.54, 1.807) is 36.4 Å². The van der Waals surface area contributed by atoms with Crippen LogP contribution in [0, 0.1) is 17.8 Å². The number of Topliss-reactive ketones (excluding diaryl/α,β-unsaturated/α-hetero) is 2. The van der Waals surface area contributed by atoms with Gasteiger partial charge in [0.15, 0.2) is 37.7 Å². The minimum Gasteiger partial charge on any atom is -0.507 e. The highest BCUT2D eigenvalue weighted by atomic mass is 16.8. The Morgan fingerprint density at radius 2 is 0.871 bits per heavy atom. The smallest absolute Gasteiger partial charge is 0.343 e. The SMILES string of the molecule is CC(=O)CC(c1ccccc1)c1c(O)c2ccccc2oc1=O.CCCC[C@H](C)C[C@H](O)/C=C/[C@H]1[C@H](O)CC(=O)[C@@H]1CCCC/C=C/C(=O)O.OC[C@H]1O[C@@H]2O[C@H]3[C@H](O)[C@@H](O)[C@@H](O[C@H]4[C@H](O)[C@@H](O)[C@@H](O[C@H]5[C@H](O)[C@@H](O)[C@@H](O[C@H]6[C@H](O)[C@@H](O)[C@@H](O[C@H]7[C@H](O)[C@@H](O)[C@@H](O[C@H]1[C@H](O)[C@H]2O)O[C@@H]7CO)O[C@@H]6CO)O[C@@H]5CO)O[C@@H]4CO)O[C@@H]3CO. The molecule has 1 aromatic heterocycles. The number of para-hydroxylation sites is 1. The van der Waals surface area contributed by atoms with Crippen molar-refractivity contribution in [2.24, 2.45) is 17.8 Å². The quantitative estimate of drug-likeness (QED) is 0.0182. The number of aliphatic hydroxyl groups is 20. The molecule has 23 heterocycles. The van der Waals surface area contributed by atoms with Gasteiger partial charge in [-0.1, -0.05) is 100 Å². The van der Waals surface area contributed by atoms with Gasteiger partial charge in [0.05, 0.1) is 62.8 Å². The van der Waals surface area contributed by atoms with Crippen molar-refractivity contribution < 1.29 is 188 Å². The Balaban J connectivity index is 0.000000250. The minimum absolute atomic E-state index is 0.0641. The first kappa shape index (κ1) is 94.3. The van der Waals surface area contributed by atoms with E-state index >= 15 is 0 Å². The summed E-state index contributed by atoms with van der Waals surface area (Å²) >= 11 is 0. The third-order valence-electron chi connectivity index (χ3n) is 21.9. The van der Waals surface area contributed by atoms with Crippen molar-refractivity contribution >= 4 is 28.5 Å². The second kappa shape index (κ2) is 43.8. The van der Waals surface area contributed by atoms with E-state index < -0.39 is 254 Å². The zero-order valence-electron chi connectivity index (χ0n) is 63.9. The molecule has 0 amide bonds. The molecule has 654 valence electrons. The summed E-state index contributed by atoms with van der Waals surface area (Å²) in [7, 11) is 0. The molecule has 22 saturated heterocycles. The molecular weight excluding hydrogens is 1550 g/mol. The maximum absolute atomic E-state index is 12.4. The Bertz CT molecular complexity index is 3360. The molecule has 2 aromatic carbocycles. The lowest BCUT2D eigenvalue weighted by Gasteiger charge is -2.50. The van der Waals surface area contributed by atoms with Crippen LogP contribution < -0.4 is 5.63 Å². The highest BCUT2D eigenvalue weighted by molar-refractivity contribution is 5.86. The van der Waals surface area contributed by atoms with Crippen molar-refractivity contribution in [3.8, 4) is 5.75 Å². The highest BCUT2D eigenvalue weighted by Crippen LogP contribution is 2.41. The van der Waals surface area contributed by atoms with Gasteiger partial charge < -0.3 is 174 Å². The van der Waals surface area contributed by atoms with Crippen LogP contribution in [0.25, 0.3) is 11.0 Å². The van der Waals surface area contributed by atoms with Crippen LogP contribution in [0.2, 0.25) is 0 Å². The summed E-state index contributed by atoms with van der Waals surface area (Å²) in [6.45, 7) is -0.227. The molecule has 0 radical (unpaired) electrons. The van der Waals surface area contributed by atoms with Crippen LogP contribution in [0.5, 0.6) is 5.75 Å². The standard InChI is InChI=1S/C36H60O30.C22H36O5.C19H16O4/c37-1-7-25-13(43)19(49)31(55-7)62-26-8(2-38)57-33(21(51)15(26)45)64-28-10(4-40)59-35(23(53)17(28)47)66-30-12(6-42)60-36(24(54)18(30)48)65-29-11(5-41)58-34(22(52)16(29)46)63-27-9(3-39)56-32(61-25)20(50)14(27)44;1-3-4-9-16(2)14-17(23)12-13-19-18(20(24)15-21(19)25)10-7-5-6-8-11-22(26)27;1-12(20)11-15(13-7-3-2-4-8-13)17-18(21)14-9-5-6-10-16(14)23-19(17)22/h7-54H,1-6H2;8,11-13,16-19,21,23,25H,3-7,9-10,14-15H2,1-2H3,(H,26,27);2-10,15,21H,11H2,1H3/b;11-8+,13-12+;/t7-,8-,9-,10-,11-,12-,13-,14-,15-,16-,17-,18-,19-,20-,21-,22-,23-,24-,25-,26-,27-,28-,29-,30-,31-,32-,33-,34-,35-,36-;16-,17+,18+,19+,21+;/m10./s1. The molecule has 22 aliphatic heterocycles. The number of aromatic hydroxyl groups is 1. The van der Waals surface area contributed by atoms with Crippen LogP contribution in [0.1, 0.15) is 102 Å². The molecule has 39 nitrogen and oxygen atoms in total. The van der Waals surface area contributed by atoms with Crippen molar-refractivity contribution in [1.29, 1.82) is 0 Å². The van der Waals surface area contributed by atoms with Gasteiger partial charge in [0, 0.05) is 36.7 Å². The summed E-state index contributed by atoms with van der Waals surface area (Å²) in [6, 6.07) is 16.0. The fraction of sp³-hybridized carbons (Fsp3) is 0.714. The van der Waals surface area contributed by atoms with Gasteiger partial charge in [0.2, 0.25) is 0 Å². The third kappa shape index (κ3) is 22.6. The maximum Gasteiger partial charge on any atom is 0.343 e. The molecule has 12 bridgehead atoms. The summed E-state index contributed by atoms with van der Waals surface area (Å²) in [5.74, 6) is -1.56. The number of ether oxygens (including phenoxy) is 12. The van der Waals surface area contributed by atoms with Crippen molar-refractivity contribution in [1.82, 2.24) is 0 Å². The van der Waals surface area contributed by atoms with Crippen LogP contribution >= 0.6 is 0 Å². The van der Waals surface area contributed by atoms with E-state index in [-0.39, 0.29) is 47.6 Å². The summed E-state index contributed by atoms with van der Waals surface area (Å²) in [5.41, 5.74) is 0.635. The molecule has 3 aromatic rings. The number of carbonyl (C=O) groups is 3. The van der Waals surface area contributed by atoms with E-state index in [0.29, 0.717) is 36.1 Å². The number of carboxylic acid groups (broad SMARTS) is 1. The Hall–Kier alpha value is -5.54. The lowest BCUT2D eigenvalue weighted by molar-refractivity contribution is -0.404. The third-order valence-corrected chi connectivity index (χ3v) is 21.9. The van der Waals surface area contributed by atoms with Crippen LogP contribution in [0.15, 0.2) is 88.1 Å². The van der Waals surface area contributed by atoms with E-state index in [9.17, 15) is 126 Å². The lowest BCUT2D eigenvalue weighted by Crippen LogP contribution is -2.69. The van der Waals surface area contributed by atoms with Gasteiger partial charge in [0.1, 0.15) is 169 Å². The number of aliphatic hydroxyl groups excluding tert-OH is 20. The minimum atomic E-state index is -2.15. The fourth-order valence-electron chi connectivity index (χ4n) is 15.6. The van der Waals surface area contributed by atoms with Gasteiger partial charge in [-0.2, -0.15) is 0 Å². The van der Waals surface area contributed by atoms with E-state index in [1.807, 2.05) is 36.4 Å². The van der Waals surface area contributed by atoms with Crippen LogP contribution in [0.3, 0.4) is 0 Å². The molecule has 1 unspecified atom stereocenters. The van der Waals surface area contributed by atoms with Gasteiger partial charge >= 0.3 is 11.6 Å². The van der Waals surface area contributed by atoms with Crippen molar-refractivity contribution in [2.75, 3.05) is 39.6 Å². The summed E-state index contributed by atoms with van der Waals surface area (Å²) < 4.78 is 73.2. The Labute approximate surface area is 665 Å². The molecular formula is C77H112O39. The second-order valence-corrected chi connectivity index (χ2v) is 30.2. The van der Waals surface area contributed by atoms with Crippen LogP contribution in [-0.2, 0) is 71.2 Å². The molecule has 39 heteroatoms. The average molecular weight is 1660 g/mol. The number of rotatable bonds is 23. The van der Waals surface area contributed by atoms with Crippen LogP contribution in [0.4, 0.5) is 0 Å². The monoisotopic (exact) mass is 1660 g/mol. The van der Waals surface area contributed by atoms with Gasteiger partial charge in [-0.25, -0.2) is 9.59 Å². The number of allylic oxidation sites excluding steroid dienone is 1. The van der Waals surface area contributed by atoms with E-state index in [4.69, 9.17) is 66.4 Å². The van der Waals surface area contributed by atoms with Crippen molar-refractivity contribution in [3.05, 3.63) is 100 Å².